The third kappa shape index (κ3) is 3.95. The van der Waals surface area contributed by atoms with Crippen molar-refractivity contribution in [1.29, 1.82) is 0 Å². The van der Waals surface area contributed by atoms with Gasteiger partial charge < -0.3 is 19.5 Å². The summed E-state index contributed by atoms with van der Waals surface area (Å²) in [5, 5.41) is 4.07. The number of aliphatic imine (C=N–C) groups is 1. The monoisotopic (exact) mass is 515 g/mol. The number of hydroxylamine groups is 2. The van der Waals surface area contributed by atoms with Gasteiger partial charge in [-0.1, -0.05) is 6.07 Å². The van der Waals surface area contributed by atoms with Crippen LogP contribution in [0.5, 0.6) is 5.75 Å². The molecule has 10 nitrogen and oxygen atoms in total. The lowest BCUT2D eigenvalue weighted by Crippen LogP contribution is -2.52. The standard InChI is InChI=1S/C25H27F2N5O5/c1-13-7-8-25(29-14(2)30(3)37-25)19-12-31(13)24(35)20-22(36-4)21(33)17(11-32(19)20)23(34)28-10-15-5-6-16(26)9-18(15)27/h5-6,9,11,13,19H,7-8,10,12H2,1-4H3,(H,28,34)/t13-,19+,25?/m0/s1. The van der Waals surface area contributed by atoms with Crippen LogP contribution in [0, 0.1) is 11.6 Å². The molecule has 1 unspecified atom stereocenters. The summed E-state index contributed by atoms with van der Waals surface area (Å²) in [7, 11) is 3.00. The van der Waals surface area contributed by atoms with E-state index in [1.807, 2.05) is 13.8 Å². The Hall–Kier alpha value is -3.80. The van der Waals surface area contributed by atoms with Crippen molar-refractivity contribution in [3.8, 4) is 5.75 Å². The van der Waals surface area contributed by atoms with Gasteiger partial charge in [-0.25, -0.2) is 23.7 Å². The quantitative estimate of drug-likeness (QED) is 0.670. The zero-order valence-electron chi connectivity index (χ0n) is 20.9. The van der Waals surface area contributed by atoms with Crippen molar-refractivity contribution in [2.75, 3.05) is 20.7 Å². The number of nitrogens with zero attached hydrogens (tertiary/aromatic N) is 4. The molecule has 37 heavy (non-hydrogen) atoms. The number of methoxy groups -OCH3 is 1. The van der Waals surface area contributed by atoms with Crippen LogP contribution >= 0.6 is 0 Å². The summed E-state index contributed by atoms with van der Waals surface area (Å²) in [6.07, 6.45) is 2.44. The number of aromatic nitrogens is 1. The second-order valence-electron chi connectivity index (χ2n) is 9.53. The molecule has 3 aliphatic rings. The molecule has 0 aliphatic carbocycles. The Morgan fingerprint density at radius 2 is 2.08 bits per heavy atom. The topological polar surface area (TPSA) is 105 Å². The number of amidine groups is 1. The molecular weight excluding hydrogens is 488 g/mol. The highest BCUT2D eigenvalue weighted by Crippen LogP contribution is 2.45. The molecule has 0 radical (unpaired) electrons. The Balaban J connectivity index is 1.60. The Morgan fingerprint density at radius 3 is 2.73 bits per heavy atom. The first kappa shape index (κ1) is 24.9. The minimum absolute atomic E-state index is 0.0176. The number of hydrogen-bond donors (Lipinski definition) is 1. The van der Waals surface area contributed by atoms with Crippen LogP contribution in [-0.2, 0) is 11.4 Å². The van der Waals surface area contributed by atoms with Gasteiger partial charge in [-0.05, 0) is 26.3 Å². The van der Waals surface area contributed by atoms with Crippen LogP contribution < -0.4 is 15.5 Å². The highest BCUT2D eigenvalue weighted by Gasteiger charge is 2.54. The smallest absolute Gasteiger partial charge is 0.274 e. The van der Waals surface area contributed by atoms with E-state index in [0.717, 1.165) is 6.07 Å². The Morgan fingerprint density at radius 1 is 1.32 bits per heavy atom. The third-order valence-electron chi connectivity index (χ3n) is 7.34. The first-order chi connectivity index (χ1) is 17.6. The lowest BCUT2D eigenvalue weighted by atomic mass is 9.97. The van der Waals surface area contributed by atoms with E-state index in [1.54, 1.807) is 21.6 Å². The second kappa shape index (κ2) is 8.94. The van der Waals surface area contributed by atoms with Crippen molar-refractivity contribution in [3.63, 3.8) is 0 Å². The summed E-state index contributed by atoms with van der Waals surface area (Å²) in [5.41, 5.74) is -2.05. The number of pyridine rings is 1. The fourth-order valence-electron chi connectivity index (χ4n) is 5.23. The van der Waals surface area contributed by atoms with E-state index in [2.05, 4.69) is 5.32 Å². The Labute approximate surface area is 211 Å². The summed E-state index contributed by atoms with van der Waals surface area (Å²) in [6.45, 7) is 3.73. The van der Waals surface area contributed by atoms with E-state index in [1.165, 1.54) is 19.4 Å². The number of ether oxygens (including phenoxy) is 1. The molecule has 1 saturated heterocycles. The van der Waals surface area contributed by atoms with E-state index in [0.29, 0.717) is 24.7 Å². The summed E-state index contributed by atoms with van der Waals surface area (Å²) < 4.78 is 34.2. The van der Waals surface area contributed by atoms with Gasteiger partial charge in [0.25, 0.3) is 11.8 Å². The van der Waals surface area contributed by atoms with Crippen molar-refractivity contribution in [2.24, 2.45) is 4.99 Å². The number of rotatable bonds is 4. The average molecular weight is 516 g/mol. The molecule has 0 saturated carbocycles. The summed E-state index contributed by atoms with van der Waals surface area (Å²) in [4.78, 5) is 52.7. The van der Waals surface area contributed by atoms with Gasteiger partial charge in [0, 0.05) is 50.4 Å². The second-order valence-corrected chi connectivity index (χ2v) is 9.53. The fraction of sp³-hybridized carbons (Fsp3) is 0.440. The van der Waals surface area contributed by atoms with E-state index >= 15 is 0 Å². The fourth-order valence-corrected chi connectivity index (χ4v) is 5.23. The summed E-state index contributed by atoms with van der Waals surface area (Å²) in [5.74, 6) is -2.35. The SMILES string of the molecule is COc1c2n(cc(C(=O)NCc3ccc(F)cc3F)c1=O)[C@@H]1CN(C2=O)[C@@H](C)CCC12N=C(C)N(C)O2. The van der Waals surface area contributed by atoms with Crippen molar-refractivity contribution in [1.82, 2.24) is 19.8 Å². The molecule has 1 aromatic carbocycles. The van der Waals surface area contributed by atoms with Gasteiger partial charge in [0.2, 0.25) is 11.2 Å². The average Bonchev–Trinajstić information content (AvgIpc) is 3.08. The van der Waals surface area contributed by atoms with Gasteiger partial charge in [0.1, 0.15) is 29.1 Å². The molecule has 2 bridgehead atoms. The number of halogens is 2. The van der Waals surface area contributed by atoms with E-state index in [9.17, 15) is 23.2 Å². The van der Waals surface area contributed by atoms with Gasteiger partial charge in [0.05, 0.1) is 7.11 Å². The maximum Gasteiger partial charge on any atom is 0.274 e. The van der Waals surface area contributed by atoms with Gasteiger partial charge in [-0.15, -0.1) is 0 Å². The molecule has 12 heteroatoms. The Kier molecular flexibility index (Phi) is 6.01. The molecule has 3 atom stereocenters. The van der Waals surface area contributed by atoms with Crippen LogP contribution in [-0.4, -0.2) is 64.6 Å². The molecule has 1 spiro atoms. The number of nitrogens with one attached hydrogen (secondary N) is 1. The van der Waals surface area contributed by atoms with Crippen molar-refractivity contribution in [3.05, 3.63) is 63.1 Å². The van der Waals surface area contributed by atoms with Crippen LogP contribution in [0.4, 0.5) is 8.78 Å². The van der Waals surface area contributed by atoms with Gasteiger partial charge in [-0.3, -0.25) is 14.4 Å². The molecule has 1 fully saturated rings. The number of hydrogen-bond acceptors (Lipinski definition) is 7. The largest absolute Gasteiger partial charge is 0.491 e. The van der Waals surface area contributed by atoms with Gasteiger partial charge >= 0.3 is 0 Å². The normalized spacial score (nSPS) is 24.6. The summed E-state index contributed by atoms with van der Waals surface area (Å²) >= 11 is 0. The minimum Gasteiger partial charge on any atom is -0.491 e. The Bertz CT molecular complexity index is 1390. The maximum absolute atomic E-state index is 14.1. The van der Waals surface area contributed by atoms with Crippen molar-refractivity contribution in [2.45, 2.75) is 51.0 Å². The van der Waals surface area contributed by atoms with Gasteiger partial charge in [0.15, 0.2) is 11.4 Å². The molecular formula is C25H27F2N5O5. The lowest BCUT2D eigenvalue weighted by Gasteiger charge is -2.41. The third-order valence-corrected chi connectivity index (χ3v) is 7.34. The number of carbonyl (C=O) groups is 2. The van der Waals surface area contributed by atoms with E-state index in [4.69, 9.17) is 14.6 Å². The first-order valence-electron chi connectivity index (χ1n) is 11.9. The number of amides is 2. The van der Waals surface area contributed by atoms with E-state index < -0.39 is 34.7 Å². The zero-order valence-corrected chi connectivity index (χ0v) is 20.9. The predicted octanol–water partition coefficient (Wildman–Crippen LogP) is 2.24. The number of carbonyl (C=O) groups excluding carboxylic acids is 2. The van der Waals surface area contributed by atoms with Crippen LogP contribution in [0.1, 0.15) is 59.1 Å². The number of fused-ring (bicyclic) bond motifs is 5. The highest BCUT2D eigenvalue weighted by molar-refractivity contribution is 5.99. The van der Waals surface area contributed by atoms with Crippen LogP contribution in [0.25, 0.3) is 0 Å². The van der Waals surface area contributed by atoms with Crippen LogP contribution in [0.2, 0.25) is 0 Å². The molecule has 1 aromatic heterocycles. The maximum atomic E-state index is 14.1. The van der Waals surface area contributed by atoms with Crippen LogP contribution in [0.3, 0.4) is 0 Å². The first-order valence-corrected chi connectivity index (χ1v) is 11.9. The minimum atomic E-state index is -1.05. The zero-order chi connectivity index (χ0) is 26.6. The summed E-state index contributed by atoms with van der Waals surface area (Å²) in [6, 6.07) is 2.31. The molecule has 4 heterocycles. The molecule has 1 N–H and O–H groups in total. The molecule has 196 valence electrons. The van der Waals surface area contributed by atoms with Crippen LogP contribution in [0.15, 0.2) is 34.2 Å². The molecule has 2 amide bonds. The van der Waals surface area contributed by atoms with Crippen molar-refractivity contribution < 1.29 is 27.9 Å². The molecule has 2 aromatic rings. The molecule has 5 rings (SSSR count). The predicted molar refractivity (Wildman–Crippen MR) is 128 cm³/mol. The van der Waals surface area contributed by atoms with Crippen molar-refractivity contribution >= 4 is 17.6 Å². The van der Waals surface area contributed by atoms with Gasteiger partial charge in [-0.2, -0.15) is 0 Å². The lowest BCUT2D eigenvalue weighted by molar-refractivity contribution is -0.189. The number of benzene rings is 1. The highest BCUT2D eigenvalue weighted by atomic mass is 19.1. The molecule has 3 aliphatic heterocycles. The van der Waals surface area contributed by atoms with E-state index in [-0.39, 0.29) is 47.6 Å².